The van der Waals surface area contributed by atoms with E-state index >= 15 is 0 Å². The number of hydrogen-bond acceptors (Lipinski definition) is 2. The van der Waals surface area contributed by atoms with Crippen LogP contribution in [-0.2, 0) is 4.79 Å². The Kier molecular flexibility index (Phi) is 5.11. The fourth-order valence-corrected chi connectivity index (χ4v) is 4.14. The minimum atomic E-state index is -0.343. The van der Waals surface area contributed by atoms with Gasteiger partial charge in [0.25, 0.3) is 0 Å². The van der Waals surface area contributed by atoms with Crippen molar-refractivity contribution in [2.75, 3.05) is 0 Å². The smallest absolute Gasteiger partial charge is 0.159 e. The van der Waals surface area contributed by atoms with Gasteiger partial charge in [0.1, 0.15) is 0 Å². The molecule has 0 unspecified atom stereocenters. The molecule has 0 aromatic heterocycles. The molecule has 0 aromatic rings. The molecule has 122 valence electrons. The van der Waals surface area contributed by atoms with Gasteiger partial charge in [-0.15, -0.1) is 0 Å². The van der Waals surface area contributed by atoms with Crippen molar-refractivity contribution in [1.29, 1.82) is 0 Å². The van der Waals surface area contributed by atoms with E-state index in [1.807, 2.05) is 0 Å². The molecular weight excluding hydrogens is 272 g/mol. The lowest BCUT2D eigenvalue weighted by Crippen LogP contribution is -2.23. The van der Waals surface area contributed by atoms with Gasteiger partial charge in [-0.05, 0) is 49.5 Å². The zero-order valence-electron chi connectivity index (χ0n) is 14.5. The Morgan fingerprint density at radius 2 is 2.05 bits per heavy atom. The Balaban J connectivity index is 2.44. The highest BCUT2D eigenvalue weighted by atomic mass is 16.3. The molecule has 0 radical (unpaired) electrons. The predicted octanol–water partition coefficient (Wildman–Crippen LogP) is 4.60. The molecule has 0 heterocycles. The molecule has 0 aliphatic heterocycles. The van der Waals surface area contributed by atoms with Gasteiger partial charge in [-0.1, -0.05) is 50.6 Å². The summed E-state index contributed by atoms with van der Waals surface area (Å²) in [5.74, 6) is 0.716. The van der Waals surface area contributed by atoms with E-state index in [9.17, 15) is 9.90 Å². The highest BCUT2D eigenvalue weighted by Crippen LogP contribution is 2.52. The van der Waals surface area contributed by atoms with E-state index in [4.69, 9.17) is 0 Å². The van der Waals surface area contributed by atoms with Crippen LogP contribution in [-0.4, -0.2) is 17.0 Å². The summed E-state index contributed by atoms with van der Waals surface area (Å²) in [5, 5.41) is 10.6. The molecule has 2 aliphatic rings. The van der Waals surface area contributed by atoms with Crippen LogP contribution in [0.2, 0.25) is 0 Å². The van der Waals surface area contributed by atoms with Crippen molar-refractivity contribution in [3.8, 4) is 0 Å². The number of aliphatic hydroxyl groups excluding tert-OH is 1. The van der Waals surface area contributed by atoms with Gasteiger partial charge in [0.05, 0.1) is 6.10 Å². The molecule has 22 heavy (non-hydrogen) atoms. The minimum absolute atomic E-state index is 0.165. The van der Waals surface area contributed by atoms with Gasteiger partial charge in [-0.25, -0.2) is 0 Å². The first-order valence-electron chi connectivity index (χ1n) is 8.50. The third-order valence-corrected chi connectivity index (χ3v) is 5.38. The number of carbonyl (C=O) groups is 1. The predicted molar refractivity (Wildman–Crippen MR) is 91.5 cm³/mol. The zero-order chi connectivity index (χ0) is 16.5. The second-order valence-electron chi connectivity index (χ2n) is 7.76. The average Bonchev–Trinajstić information content (AvgIpc) is 2.65. The van der Waals surface area contributed by atoms with Crippen molar-refractivity contribution in [3.05, 3.63) is 35.5 Å². The van der Waals surface area contributed by atoms with Crippen LogP contribution in [0.4, 0.5) is 0 Å². The Hall–Kier alpha value is -1.15. The monoisotopic (exact) mass is 302 g/mol. The molecule has 0 amide bonds. The van der Waals surface area contributed by atoms with E-state index in [0.717, 1.165) is 24.8 Å². The van der Waals surface area contributed by atoms with E-state index in [1.54, 1.807) is 0 Å². The van der Waals surface area contributed by atoms with Gasteiger partial charge in [0.2, 0.25) is 0 Å². The number of ketones is 1. The van der Waals surface area contributed by atoms with Crippen LogP contribution in [0.15, 0.2) is 35.5 Å². The van der Waals surface area contributed by atoms with Crippen LogP contribution >= 0.6 is 0 Å². The zero-order valence-corrected chi connectivity index (χ0v) is 14.5. The normalized spacial score (nSPS) is 34.1. The van der Waals surface area contributed by atoms with Crippen molar-refractivity contribution >= 4 is 5.78 Å². The van der Waals surface area contributed by atoms with Crippen molar-refractivity contribution in [2.45, 2.75) is 65.9 Å². The first-order chi connectivity index (χ1) is 10.2. The molecule has 2 rings (SSSR count). The Morgan fingerprint density at radius 3 is 2.68 bits per heavy atom. The molecule has 1 fully saturated rings. The van der Waals surface area contributed by atoms with E-state index in [0.29, 0.717) is 18.8 Å². The van der Waals surface area contributed by atoms with Crippen LogP contribution in [0.3, 0.4) is 0 Å². The standard InChI is InChI=1S/C20H30O2/c1-13(2)19-16-10-9-14(3)7-6-8-15(4)17(21)11-20(16,5)12-18(19)22/h7,10,13,18-19,22H,4,6,8-9,11-12H2,1-3,5H3/t18-,19-,20+/m0/s1. The first-order valence-corrected chi connectivity index (χ1v) is 8.50. The molecule has 1 N–H and O–H groups in total. The fourth-order valence-electron chi connectivity index (χ4n) is 4.14. The first kappa shape index (κ1) is 17.2. The SMILES string of the molecule is C=C1CCC=C(C)CC=C2[C@H](C(C)C)[C@@H](O)C[C@@]2(C)CC1=O. The molecule has 2 nitrogen and oxygen atoms in total. The minimum Gasteiger partial charge on any atom is -0.392 e. The van der Waals surface area contributed by atoms with Crippen molar-refractivity contribution < 1.29 is 9.90 Å². The van der Waals surface area contributed by atoms with Gasteiger partial charge in [0.15, 0.2) is 5.78 Å². The molecule has 1 saturated carbocycles. The third kappa shape index (κ3) is 3.43. The van der Waals surface area contributed by atoms with E-state index in [2.05, 4.69) is 46.4 Å². The maximum Gasteiger partial charge on any atom is 0.159 e. The average molecular weight is 302 g/mol. The number of hydrogen-bond donors (Lipinski definition) is 1. The summed E-state index contributed by atoms with van der Waals surface area (Å²) in [6.07, 6.45) is 7.89. The number of allylic oxidation sites excluding steroid dienone is 4. The molecule has 0 aromatic carbocycles. The quantitative estimate of drug-likeness (QED) is 0.567. The maximum absolute atomic E-state index is 12.5. The summed E-state index contributed by atoms with van der Waals surface area (Å²) in [6.45, 7) is 12.6. The largest absolute Gasteiger partial charge is 0.392 e. The van der Waals surface area contributed by atoms with Gasteiger partial charge in [-0.2, -0.15) is 0 Å². The van der Waals surface area contributed by atoms with E-state index in [1.165, 1.54) is 11.1 Å². The summed E-state index contributed by atoms with van der Waals surface area (Å²) >= 11 is 0. The maximum atomic E-state index is 12.5. The van der Waals surface area contributed by atoms with Crippen LogP contribution < -0.4 is 0 Å². The number of rotatable bonds is 1. The Morgan fingerprint density at radius 1 is 1.36 bits per heavy atom. The molecule has 2 aliphatic carbocycles. The van der Waals surface area contributed by atoms with E-state index in [-0.39, 0.29) is 23.2 Å². The van der Waals surface area contributed by atoms with Crippen LogP contribution in [0.25, 0.3) is 0 Å². The summed E-state index contributed by atoms with van der Waals surface area (Å²) in [6, 6.07) is 0. The van der Waals surface area contributed by atoms with Crippen LogP contribution in [0, 0.1) is 17.3 Å². The second kappa shape index (κ2) is 6.54. The lowest BCUT2D eigenvalue weighted by Gasteiger charge is -2.29. The molecule has 0 bridgehead atoms. The van der Waals surface area contributed by atoms with Gasteiger partial charge < -0.3 is 5.11 Å². The van der Waals surface area contributed by atoms with Crippen molar-refractivity contribution in [2.24, 2.45) is 17.3 Å². The molecule has 3 atom stereocenters. The van der Waals surface area contributed by atoms with Crippen LogP contribution in [0.1, 0.15) is 59.8 Å². The lowest BCUT2D eigenvalue weighted by molar-refractivity contribution is -0.117. The lowest BCUT2D eigenvalue weighted by atomic mass is 9.75. The topological polar surface area (TPSA) is 37.3 Å². The van der Waals surface area contributed by atoms with Crippen molar-refractivity contribution in [3.63, 3.8) is 0 Å². The highest BCUT2D eigenvalue weighted by Gasteiger charge is 2.47. The molecule has 0 saturated heterocycles. The number of Topliss-reactive ketones (excluding diaryl/α,β-unsaturated/α-hetero) is 1. The highest BCUT2D eigenvalue weighted by molar-refractivity contribution is 5.95. The van der Waals surface area contributed by atoms with Gasteiger partial charge >= 0.3 is 0 Å². The number of aliphatic hydroxyl groups is 1. The summed E-state index contributed by atoms with van der Waals surface area (Å²) in [4.78, 5) is 12.5. The molecule has 0 spiro atoms. The summed E-state index contributed by atoms with van der Waals surface area (Å²) in [7, 11) is 0. The second-order valence-corrected chi connectivity index (χ2v) is 7.76. The van der Waals surface area contributed by atoms with Crippen LogP contribution in [0.5, 0.6) is 0 Å². The van der Waals surface area contributed by atoms with E-state index < -0.39 is 0 Å². The molecule has 2 heteroatoms. The number of fused-ring (bicyclic) bond motifs is 1. The molecular formula is C20H30O2. The Labute approximate surface area is 135 Å². The Bertz CT molecular complexity index is 524. The third-order valence-electron chi connectivity index (χ3n) is 5.38. The van der Waals surface area contributed by atoms with Gasteiger partial charge in [-0.3, -0.25) is 4.79 Å². The summed E-state index contributed by atoms with van der Waals surface area (Å²) < 4.78 is 0. The van der Waals surface area contributed by atoms with Crippen molar-refractivity contribution in [1.82, 2.24) is 0 Å². The number of carbonyl (C=O) groups excluding carboxylic acids is 1. The summed E-state index contributed by atoms with van der Waals surface area (Å²) in [5.41, 5.74) is 3.12. The fraction of sp³-hybridized carbons (Fsp3) is 0.650. The van der Waals surface area contributed by atoms with Gasteiger partial charge in [0, 0.05) is 12.3 Å².